The molecule has 0 amide bonds. The lowest BCUT2D eigenvalue weighted by Gasteiger charge is -2.34. The van der Waals surface area contributed by atoms with Gasteiger partial charge in [0.05, 0.1) is 25.5 Å². The summed E-state index contributed by atoms with van der Waals surface area (Å²) in [6, 6.07) is 1.95. The summed E-state index contributed by atoms with van der Waals surface area (Å²) in [6.07, 6.45) is 6.94. The van der Waals surface area contributed by atoms with Crippen molar-refractivity contribution in [2.75, 3.05) is 0 Å². The van der Waals surface area contributed by atoms with Crippen molar-refractivity contribution in [3.05, 3.63) is 23.7 Å². The highest BCUT2D eigenvalue weighted by Gasteiger charge is 2.27. The van der Waals surface area contributed by atoms with E-state index in [4.69, 9.17) is 14.9 Å². The Balaban J connectivity index is 1.80. The average Bonchev–Trinajstić information content (AvgIpc) is 2.75. The van der Waals surface area contributed by atoms with Crippen molar-refractivity contribution in [1.82, 2.24) is 0 Å². The lowest BCUT2D eigenvalue weighted by atomic mass is 9.76. The van der Waals surface area contributed by atoms with Crippen molar-refractivity contribution >= 4 is 0 Å². The molecule has 0 spiro atoms. The van der Waals surface area contributed by atoms with Gasteiger partial charge in [0.15, 0.2) is 0 Å². The zero-order chi connectivity index (χ0) is 12.3. The van der Waals surface area contributed by atoms with Crippen LogP contribution in [0.2, 0.25) is 0 Å². The molecule has 1 fully saturated rings. The van der Waals surface area contributed by atoms with E-state index in [1.54, 1.807) is 6.26 Å². The Morgan fingerprint density at radius 2 is 2.12 bits per heavy atom. The third-order valence-corrected chi connectivity index (χ3v) is 3.78. The van der Waals surface area contributed by atoms with Crippen LogP contribution in [0.5, 0.6) is 0 Å². The third-order valence-electron chi connectivity index (χ3n) is 3.78. The molecule has 1 heterocycles. The minimum atomic E-state index is 0.406. The van der Waals surface area contributed by atoms with Crippen LogP contribution in [0, 0.1) is 5.41 Å². The van der Waals surface area contributed by atoms with Crippen LogP contribution in [-0.4, -0.2) is 6.10 Å². The predicted octanol–water partition coefficient (Wildman–Crippen LogP) is 3.22. The standard InChI is InChI=1S/C14H23NO2/c1-14(2)6-3-12(4-7-14)17-10-11-5-8-16-13(11)9-15/h5,8,12H,3-4,6-7,9-10,15H2,1-2H3. The van der Waals surface area contributed by atoms with E-state index >= 15 is 0 Å². The second-order valence-electron chi connectivity index (χ2n) is 5.75. The summed E-state index contributed by atoms with van der Waals surface area (Å²) in [5.74, 6) is 0.848. The lowest BCUT2D eigenvalue weighted by molar-refractivity contribution is -0.00607. The minimum absolute atomic E-state index is 0.406. The van der Waals surface area contributed by atoms with E-state index in [1.165, 1.54) is 25.7 Å². The zero-order valence-corrected chi connectivity index (χ0v) is 10.9. The van der Waals surface area contributed by atoms with Gasteiger partial charge in [0.1, 0.15) is 5.76 Å². The summed E-state index contributed by atoms with van der Waals surface area (Å²) < 4.78 is 11.2. The van der Waals surface area contributed by atoms with Gasteiger partial charge in [-0.3, -0.25) is 0 Å². The fraction of sp³-hybridized carbons (Fsp3) is 0.714. The van der Waals surface area contributed by atoms with Gasteiger partial charge in [0.25, 0.3) is 0 Å². The Morgan fingerprint density at radius 3 is 2.76 bits per heavy atom. The van der Waals surface area contributed by atoms with Gasteiger partial charge in [-0.2, -0.15) is 0 Å². The van der Waals surface area contributed by atoms with Gasteiger partial charge in [-0.1, -0.05) is 13.8 Å². The maximum atomic E-state index is 5.95. The van der Waals surface area contributed by atoms with Crippen LogP contribution < -0.4 is 5.73 Å². The molecule has 3 nitrogen and oxygen atoms in total. The molecule has 96 valence electrons. The molecule has 17 heavy (non-hydrogen) atoms. The van der Waals surface area contributed by atoms with E-state index in [0.717, 1.165) is 11.3 Å². The first-order valence-corrected chi connectivity index (χ1v) is 6.48. The molecule has 1 aromatic rings. The second-order valence-corrected chi connectivity index (χ2v) is 5.75. The van der Waals surface area contributed by atoms with E-state index in [9.17, 15) is 0 Å². The smallest absolute Gasteiger partial charge is 0.122 e. The maximum absolute atomic E-state index is 5.95. The van der Waals surface area contributed by atoms with Crippen LogP contribution in [0.15, 0.2) is 16.7 Å². The lowest BCUT2D eigenvalue weighted by Crippen LogP contribution is -2.26. The summed E-state index contributed by atoms with van der Waals surface area (Å²) in [5.41, 5.74) is 7.18. The van der Waals surface area contributed by atoms with Gasteiger partial charge in [-0.25, -0.2) is 0 Å². The summed E-state index contributed by atoms with van der Waals surface area (Å²) in [5, 5.41) is 0. The highest BCUT2D eigenvalue weighted by molar-refractivity contribution is 5.15. The fourth-order valence-corrected chi connectivity index (χ4v) is 2.42. The van der Waals surface area contributed by atoms with Gasteiger partial charge in [0.2, 0.25) is 0 Å². The average molecular weight is 237 g/mol. The summed E-state index contributed by atoms with van der Waals surface area (Å²) in [7, 11) is 0. The van der Waals surface area contributed by atoms with Crippen LogP contribution in [0.3, 0.4) is 0 Å². The molecule has 0 aliphatic heterocycles. The number of furan rings is 1. The molecule has 3 heteroatoms. The molecule has 0 bridgehead atoms. The molecule has 1 saturated carbocycles. The first kappa shape index (κ1) is 12.7. The van der Waals surface area contributed by atoms with E-state index in [1.807, 2.05) is 6.07 Å². The molecule has 1 aromatic heterocycles. The Kier molecular flexibility index (Phi) is 3.89. The molecule has 2 rings (SSSR count). The Hall–Kier alpha value is -0.800. The Bertz CT molecular complexity index is 347. The molecule has 1 aliphatic rings. The molecule has 0 aromatic carbocycles. The van der Waals surface area contributed by atoms with Crippen molar-refractivity contribution in [2.45, 2.75) is 58.8 Å². The van der Waals surface area contributed by atoms with Crippen LogP contribution in [0.1, 0.15) is 50.9 Å². The fourth-order valence-electron chi connectivity index (χ4n) is 2.42. The topological polar surface area (TPSA) is 48.4 Å². The second kappa shape index (κ2) is 5.23. The SMILES string of the molecule is CC1(C)CCC(OCc2ccoc2CN)CC1. The molecular formula is C14H23NO2. The third kappa shape index (κ3) is 3.33. The monoisotopic (exact) mass is 237 g/mol. The molecule has 0 atom stereocenters. The molecule has 0 saturated heterocycles. The van der Waals surface area contributed by atoms with Gasteiger partial charge in [-0.05, 0) is 37.2 Å². The van der Waals surface area contributed by atoms with E-state index in [2.05, 4.69) is 13.8 Å². The van der Waals surface area contributed by atoms with Crippen molar-refractivity contribution < 1.29 is 9.15 Å². The van der Waals surface area contributed by atoms with Crippen molar-refractivity contribution in [1.29, 1.82) is 0 Å². The highest BCUT2D eigenvalue weighted by atomic mass is 16.5. The van der Waals surface area contributed by atoms with Crippen LogP contribution in [-0.2, 0) is 17.9 Å². The summed E-state index contributed by atoms with van der Waals surface area (Å²) >= 11 is 0. The van der Waals surface area contributed by atoms with E-state index in [0.29, 0.717) is 24.7 Å². The normalized spacial score (nSPS) is 20.6. The van der Waals surface area contributed by atoms with Gasteiger partial charge in [-0.15, -0.1) is 0 Å². The Morgan fingerprint density at radius 1 is 1.41 bits per heavy atom. The number of hydrogen-bond donors (Lipinski definition) is 1. The van der Waals surface area contributed by atoms with Crippen molar-refractivity contribution in [3.63, 3.8) is 0 Å². The van der Waals surface area contributed by atoms with Crippen molar-refractivity contribution in [3.8, 4) is 0 Å². The zero-order valence-electron chi connectivity index (χ0n) is 10.9. The largest absolute Gasteiger partial charge is 0.468 e. The number of rotatable bonds is 4. The van der Waals surface area contributed by atoms with Gasteiger partial charge >= 0.3 is 0 Å². The van der Waals surface area contributed by atoms with Crippen LogP contribution in [0.4, 0.5) is 0 Å². The van der Waals surface area contributed by atoms with Gasteiger partial charge < -0.3 is 14.9 Å². The van der Waals surface area contributed by atoms with Crippen LogP contribution in [0.25, 0.3) is 0 Å². The highest BCUT2D eigenvalue weighted by Crippen LogP contribution is 2.36. The quantitative estimate of drug-likeness (QED) is 0.874. The first-order chi connectivity index (χ1) is 8.11. The number of hydrogen-bond acceptors (Lipinski definition) is 3. The predicted molar refractivity (Wildman–Crippen MR) is 67.4 cm³/mol. The first-order valence-electron chi connectivity index (χ1n) is 6.48. The minimum Gasteiger partial charge on any atom is -0.468 e. The molecular weight excluding hydrogens is 214 g/mol. The summed E-state index contributed by atoms with van der Waals surface area (Å²) in [4.78, 5) is 0. The number of nitrogens with two attached hydrogens (primary N) is 1. The molecule has 0 unspecified atom stereocenters. The maximum Gasteiger partial charge on any atom is 0.122 e. The van der Waals surface area contributed by atoms with Crippen LogP contribution >= 0.6 is 0 Å². The molecule has 2 N–H and O–H groups in total. The summed E-state index contributed by atoms with van der Waals surface area (Å²) in [6.45, 7) is 5.76. The molecule has 1 aliphatic carbocycles. The van der Waals surface area contributed by atoms with Gasteiger partial charge in [0, 0.05) is 5.56 Å². The Labute approximate surface area is 103 Å². The molecule has 0 radical (unpaired) electrons. The van der Waals surface area contributed by atoms with E-state index in [-0.39, 0.29) is 0 Å². The number of ether oxygens (including phenoxy) is 1. The van der Waals surface area contributed by atoms with Crippen molar-refractivity contribution in [2.24, 2.45) is 11.1 Å². The van der Waals surface area contributed by atoms with E-state index < -0.39 is 0 Å².